The van der Waals surface area contributed by atoms with Crippen molar-refractivity contribution in [2.24, 2.45) is 0 Å². The van der Waals surface area contributed by atoms with Crippen molar-refractivity contribution in [3.8, 4) is 11.5 Å². The van der Waals surface area contributed by atoms with E-state index in [1.807, 2.05) is 24.3 Å². The summed E-state index contributed by atoms with van der Waals surface area (Å²) >= 11 is 0. The molecule has 1 unspecified atom stereocenters. The summed E-state index contributed by atoms with van der Waals surface area (Å²) in [7, 11) is 3.41. The average Bonchev–Trinajstić information content (AvgIpc) is 2.89. The van der Waals surface area contributed by atoms with E-state index in [9.17, 15) is 0 Å². The molecule has 0 spiro atoms. The zero-order valence-electron chi connectivity index (χ0n) is 21.1. The third kappa shape index (κ3) is 4.33. The first kappa shape index (κ1) is 23.6. The summed E-state index contributed by atoms with van der Waals surface area (Å²) < 4.78 is 10.7. The Morgan fingerprint density at radius 1 is 0.441 bits per heavy atom. The first-order valence-electron chi connectivity index (χ1n) is 11.8. The highest BCUT2D eigenvalue weighted by Gasteiger charge is 2.32. The van der Waals surface area contributed by atoms with Crippen LogP contribution >= 0.6 is 0 Å². The predicted octanol–water partition coefficient (Wildman–Crippen LogP) is 7.69. The van der Waals surface area contributed by atoms with Crippen molar-refractivity contribution >= 4 is 0 Å². The van der Waals surface area contributed by atoms with Gasteiger partial charge in [-0.15, -0.1) is 0 Å². The van der Waals surface area contributed by atoms with Gasteiger partial charge in [0.1, 0.15) is 11.5 Å². The zero-order chi connectivity index (χ0) is 24.3. The molecule has 4 aromatic carbocycles. The molecule has 174 valence electrons. The minimum Gasteiger partial charge on any atom is -0.497 e. The number of benzene rings is 4. The maximum absolute atomic E-state index is 5.41. The summed E-state index contributed by atoms with van der Waals surface area (Å²) in [5, 5.41) is 0. The lowest BCUT2D eigenvalue weighted by Gasteiger charge is -2.33. The van der Waals surface area contributed by atoms with Gasteiger partial charge < -0.3 is 9.47 Å². The van der Waals surface area contributed by atoms with Crippen LogP contribution in [0.3, 0.4) is 0 Å². The fraction of sp³-hybridized carbons (Fsp3) is 0.250. The molecule has 0 aromatic heterocycles. The first-order valence-corrected chi connectivity index (χ1v) is 11.8. The van der Waals surface area contributed by atoms with Gasteiger partial charge in [-0.1, -0.05) is 92.2 Å². The van der Waals surface area contributed by atoms with Crippen LogP contribution in [-0.4, -0.2) is 14.2 Å². The molecule has 0 amide bonds. The van der Waals surface area contributed by atoms with Crippen molar-refractivity contribution in [3.05, 3.63) is 130 Å². The lowest BCUT2D eigenvalue weighted by Crippen LogP contribution is -2.26. The molecular formula is C32H34O2. The summed E-state index contributed by atoms with van der Waals surface area (Å²) in [5.74, 6) is 1.75. The van der Waals surface area contributed by atoms with Gasteiger partial charge in [0, 0.05) is 10.8 Å². The first-order chi connectivity index (χ1) is 16.3. The molecular weight excluding hydrogens is 416 g/mol. The highest BCUT2D eigenvalue weighted by Crippen LogP contribution is 2.41. The van der Waals surface area contributed by atoms with Gasteiger partial charge in [0.15, 0.2) is 0 Å². The molecule has 0 saturated carbocycles. The van der Waals surface area contributed by atoms with Crippen LogP contribution in [0.5, 0.6) is 11.5 Å². The van der Waals surface area contributed by atoms with E-state index in [2.05, 4.69) is 100 Å². The Kier molecular flexibility index (Phi) is 6.52. The quantitative estimate of drug-likeness (QED) is 0.269. The Labute approximate surface area is 204 Å². The molecule has 0 aliphatic carbocycles. The monoisotopic (exact) mass is 450 g/mol. The van der Waals surface area contributed by atoms with Crippen LogP contribution in [0.25, 0.3) is 0 Å². The van der Waals surface area contributed by atoms with Crippen LogP contribution in [0, 0.1) is 6.92 Å². The van der Waals surface area contributed by atoms with Crippen molar-refractivity contribution in [2.45, 2.75) is 38.5 Å². The Bertz CT molecular complexity index is 1220. The van der Waals surface area contributed by atoms with Crippen LogP contribution in [-0.2, 0) is 10.8 Å². The van der Waals surface area contributed by atoms with Crippen molar-refractivity contribution in [2.75, 3.05) is 14.2 Å². The van der Waals surface area contributed by atoms with Gasteiger partial charge in [0.2, 0.25) is 0 Å². The van der Waals surface area contributed by atoms with E-state index in [0.717, 1.165) is 11.5 Å². The third-order valence-electron chi connectivity index (χ3n) is 7.29. The SMILES string of the molecule is COc1ccc(C(C)(C)c2ccc(C(C)(c3ccc(C)cc3)c3ccc(OC)cc3)cc2)cc1. The van der Waals surface area contributed by atoms with Crippen LogP contribution < -0.4 is 9.47 Å². The van der Waals surface area contributed by atoms with E-state index in [4.69, 9.17) is 9.47 Å². The summed E-state index contributed by atoms with van der Waals surface area (Å²) in [6, 6.07) is 34.8. The van der Waals surface area contributed by atoms with Crippen molar-refractivity contribution < 1.29 is 9.47 Å². The largest absolute Gasteiger partial charge is 0.497 e. The van der Waals surface area contributed by atoms with E-state index < -0.39 is 0 Å². The summed E-state index contributed by atoms with van der Waals surface area (Å²) in [6.07, 6.45) is 0. The molecule has 0 bridgehead atoms. The molecule has 0 aliphatic heterocycles. The number of ether oxygens (including phenoxy) is 2. The molecule has 2 nitrogen and oxygen atoms in total. The summed E-state index contributed by atoms with van der Waals surface area (Å²) in [6.45, 7) is 8.98. The molecule has 0 radical (unpaired) electrons. The molecule has 1 atom stereocenters. The van der Waals surface area contributed by atoms with Gasteiger partial charge in [0.05, 0.1) is 14.2 Å². The van der Waals surface area contributed by atoms with Crippen LogP contribution in [0.2, 0.25) is 0 Å². The van der Waals surface area contributed by atoms with E-state index >= 15 is 0 Å². The smallest absolute Gasteiger partial charge is 0.118 e. The fourth-order valence-electron chi connectivity index (χ4n) is 4.71. The molecule has 0 fully saturated rings. The molecule has 0 saturated heterocycles. The number of rotatable bonds is 7. The van der Waals surface area contributed by atoms with Crippen molar-refractivity contribution in [1.29, 1.82) is 0 Å². The second-order valence-electron chi connectivity index (χ2n) is 9.65. The van der Waals surface area contributed by atoms with Gasteiger partial charge >= 0.3 is 0 Å². The van der Waals surface area contributed by atoms with E-state index in [0.29, 0.717) is 0 Å². The summed E-state index contributed by atoms with van der Waals surface area (Å²) in [5.41, 5.74) is 7.16. The topological polar surface area (TPSA) is 18.5 Å². The standard InChI is InChI=1S/C32H34O2/c1-23-7-9-26(10-8-23)32(4,28-17-21-30(34-6)22-18-28)27-13-11-24(12-14-27)31(2,3)25-15-19-29(33-5)20-16-25/h7-22H,1-6H3. The van der Waals surface area contributed by atoms with E-state index in [-0.39, 0.29) is 10.8 Å². The van der Waals surface area contributed by atoms with Crippen LogP contribution in [0.15, 0.2) is 97.1 Å². The Hall–Kier alpha value is -3.52. The van der Waals surface area contributed by atoms with Gasteiger partial charge in [-0.25, -0.2) is 0 Å². The molecule has 4 rings (SSSR count). The zero-order valence-corrected chi connectivity index (χ0v) is 21.1. The molecule has 34 heavy (non-hydrogen) atoms. The van der Waals surface area contributed by atoms with Crippen LogP contribution in [0.1, 0.15) is 54.2 Å². The van der Waals surface area contributed by atoms with E-state index in [1.54, 1.807) is 14.2 Å². The number of hydrogen-bond acceptors (Lipinski definition) is 2. The van der Waals surface area contributed by atoms with Crippen molar-refractivity contribution in [1.82, 2.24) is 0 Å². The number of aryl methyl sites for hydroxylation is 1. The normalized spacial score (nSPS) is 13.2. The Morgan fingerprint density at radius 2 is 0.735 bits per heavy atom. The number of hydrogen-bond donors (Lipinski definition) is 0. The van der Waals surface area contributed by atoms with Gasteiger partial charge in [0.25, 0.3) is 0 Å². The maximum atomic E-state index is 5.41. The molecule has 0 heterocycles. The van der Waals surface area contributed by atoms with Gasteiger partial charge in [-0.05, 0) is 65.9 Å². The summed E-state index contributed by atoms with van der Waals surface area (Å²) in [4.78, 5) is 0. The molecule has 4 aromatic rings. The molecule has 0 aliphatic rings. The molecule has 2 heteroatoms. The molecule has 0 N–H and O–H groups in total. The van der Waals surface area contributed by atoms with Crippen molar-refractivity contribution in [3.63, 3.8) is 0 Å². The average molecular weight is 451 g/mol. The minimum atomic E-state index is -0.289. The second kappa shape index (κ2) is 9.38. The second-order valence-corrected chi connectivity index (χ2v) is 9.65. The lowest BCUT2D eigenvalue weighted by atomic mass is 9.70. The van der Waals surface area contributed by atoms with Gasteiger partial charge in [-0.2, -0.15) is 0 Å². The van der Waals surface area contributed by atoms with E-state index in [1.165, 1.54) is 33.4 Å². The van der Waals surface area contributed by atoms with Crippen LogP contribution in [0.4, 0.5) is 0 Å². The lowest BCUT2D eigenvalue weighted by molar-refractivity contribution is 0.414. The van der Waals surface area contributed by atoms with Gasteiger partial charge in [-0.3, -0.25) is 0 Å². The number of methoxy groups -OCH3 is 2. The predicted molar refractivity (Wildman–Crippen MR) is 141 cm³/mol. The highest BCUT2D eigenvalue weighted by atomic mass is 16.5. The maximum Gasteiger partial charge on any atom is 0.118 e. The minimum absolute atomic E-state index is 0.120. The Morgan fingerprint density at radius 3 is 1.12 bits per heavy atom. The fourth-order valence-corrected chi connectivity index (χ4v) is 4.71. The Balaban J connectivity index is 1.77. The highest BCUT2D eigenvalue weighted by molar-refractivity contribution is 5.52. The third-order valence-corrected chi connectivity index (χ3v) is 7.29.